The third-order valence-electron chi connectivity index (χ3n) is 3.75. The molecule has 0 aliphatic carbocycles. The zero-order valence-electron chi connectivity index (χ0n) is 14.6. The maximum Gasteiger partial charge on any atom is 0.146 e. The van der Waals surface area contributed by atoms with Gasteiger partial charge in [0.1, 0.15) is 22.9 Å². The van der Waals surface area contributed by atoms with Gasteiger partial charge >= 0.3 is 0 Å². The van der Waals surface area contributed by atoms with Crippen molar-refractivity contribution in [1.82, 2.24) is 4.90 Å². The molecular weight excluding hydrogens is 270 g/mol. The second kappa shape index (κ2) is 10.7. The quantitative estimate of drug-likeness (QED) is 0.314. The Labute approximate surface area is 128 Å². The fourth-order valence-electron chi connectivity index (χ4n) is 2.28. The lowest BCUT2D eigenvalue weighted by Gasteiger charge is -2.34. The van der Waals surface area contributed by atoms with Crippen molar-refractivity contribution >= 4 is 10.5 Å². The van der Waals surface area contributed by atoms with E-state index in [-0.39, 0.29) is 18.1 Å². The van der Waals surface area contributed by atoms with E-state index in [2.05, 4.69) is 32.6 Å². The van der Waals surface area contributed by atoms with E-state index >= 15 is 0 Å². The van der Waals surface area contributed by atoms with E-state index in [1.54, 1.807) is 0 Å². The van der Waals surface area contributed by atoms with Crippen molar-refractivity contribution in [3.63, 3.8) is 0 Å². The van der Waals surface area contributed by atoms with E-state index in [1.165, 1.54) is 6.42 Å². The molecule has 0 radical (unpaired) electrons. The molecule has 0 heterocycles. The number of rotatable bonds is 12. The van der Waals surface area contributed by atoms with Crippen molar-refractivity contribution in [2.24, 2.45) is 0 Å². The van der Waals surface area contributed by atoms with E-state index in [0.29, 0.717) is 0 Å². The van der Waals surface area contributed by atoms with Crippen molar-refractivity contribution in [2.45, 2.75) is 78.9 Å². The lowest BCUT2D eigenvalue weighted by atomic mass is 10.0. The Morgan fingerprint density at radius 3 is 1.90 bits per heavy atom. The summed E-state index contributed by atoms with van der Waals surface area (Å²) in [6.07, 6.45) is 3.62. The van der Waals surface area contributed by atoms with Crippen LogP contribution in [0.4, 0.5) is 0 Å². The van der Waals surface area contributed by atoms with Crippen LogP contribution < -0.4 is 0 Å². The minimum Gasteiger partial charge on any atom is -0.423 e. The molecule has 5 heteroatoms. The zero-order chi connectivity index (χ0) is 15.6. The lowest BCUT2D eigenvalue weighted by molar-refractivity contribution is -0.137. The second-order valence-corrected chi connectivity index (χ2v) is 6.18. The first-order valence-electron chi connectivity index (χ1n) is 7.92. The molecule has 20 heavy (non-hydrogen) atoms. The van der Waals surface area contributed by atoms with E-state index in [4.69, 9.17) is 13.9 Å². The van der Waals surface area contributed by atoms with Crippen LogP contribution in [0, 0.1) is 0 Å². The standard InChI is InChI=1S/C15H35NO3Si/c1-7-17-13(3)16(14(4)18-8-2)12-10-9-11-15(5,6)19-20/h13-14H,7-12H2,1-6,20H3. The van der Waals surface area contributed by atoms with Crippen LogP contribution in [-0.2, 0) is 13.9 Å². The molecule has 0 bridgehead atoms. The van der Waals surface area contributed by atoms with Crippen molar-refractivity contribution in [3.05, 3.63) is 0 Å². The lowest BCUT2D eigenvalue weighted by Crippen LogP contribution is -2.43. The molecule has 0 rings (SSSR count). The summed E-state index contributed by atoms with van der Waals surface area (Å²) in [5.74, 6) is 0. The Morgan fingerprint density at radius 1 is 1.00 bits per heavy atom. The van der Waals surface area contributed by atoms with Crippen LogP contribution in [0.25, 0.3) is 0 Å². The summed E-state index contributed by atoms with van der Waals surface area (Å²) in [6.45, 7) is 15.1. The molecule has 4 nitrogen and oxygen atoms in total. The van der Waals surface area contributed by atoms with Crippen molar-refractivity contribution < 1.29 is 13.9 Å². The van der Waals surface area contributed by atoms with Gasteiger partial charge < -0.3 is 13.9 Å². The number of hydrogen-bond donors (Lipinski definition) is 0. The maximum atomic E-state index is 5.72. The van der Waals surface area contributed by atoms with E-state index in [1.807, 2.05) is 13.8 Å². The fraction of sp³-hybridized carbons (Fsp3) is 1.00. The van der Waals surface area contributed by atoms with Gasteiger partial charge in [-0.1, -0.05) is 0 Å². The largest absolute Gasteiger partial charge is 0.423 e. The average molecular weight is 306 g/mol. The van der Waals surface area contributed by atoms with Gasteiger partial charge in [-0.2, -0.15) is 0 Å². The normalized spacial score (nSPS) is 15.8. The molecule has 0 aromatic heterocycles. The molecule has 0 aliphatic heterocycles. The Morgan fingerprint density at radius 2 is 1.50 bits per heavy atom. The minimum atomic E-state index is 0.0358. The van der Waals surface area contributed by atoms with E-state index in [9.17, 15) is 0 Å². The molecule has 0 N–H and O–H groups in total. The molecule has 0 spiro atoms. The summed E-state index contributed by atoms with van der Waals surface area (Å²) in [7, 11) is 0.808. The topological polar surface area (TPSA) is 30.9 Å². The Balaban J connectivity index is 4.22. The summed E-state index contributed by atoms with van der Waals surface area (Å²) < 4.78 is 17.0. The van der Waals surface area contributed by atoms with E-state index < -0.39 is 0 Å². The van der Waals surface area contributed by atoms with Crippen LogP contribution in [-0.4, -0.2) is 53.2 Å². The maximum absolute atomic E-state index is 5.72. The molecule has 0 aromatic carbocycles. The van der Waals surface area contributed by atoms with Crippen LogP contribution in [0.15, 0.2) is 0 Å². The molecule has 0 fully saturated rings. The van der Waals surface area contributed by atoms with Crippen LogP contribution in [0.2, 0.25) is 0 Å². The minimum absolute atomic E-state index is 0.0358. The first-order valence-corrected chi connectivity index (χ1v) is 8.73. The summed E-state index contributed by atoms with van der Waals surface area (Å²) in [5, 5.41) is 0. The van der Waals surface area contributed by atoms with Gasteiger partial charge in [-0.15, -0.1) is 0 Å². The Bertz CT molecular complexity index is 227. The highest BCUT2D eigenvalue weighted by molar-refractivity contribution is 5.98. The smallest absolute Gasteiger partial charge is 0.146 e. The predicted octanol–water partition coefficient (Wildman–Crippen LogP) is 2.30. The highest BCUT2D eigenvalue weighted by atomic mass is 28.2. The highest BCUT2D eigenvalue weighted by Crippen LogP contribution is 2.17. The van der Waals surface area contributed by atoms with Gasteiger partial charge in [0, 0.05) is 25.4 Å². The van der Waals surface area contributed by atoms with Gasteiger partial charge in [0.05, 0.1) is 0 Å². The molecule has 122 valence electrons. The van der Waals surface area contributed by atoms with Crippen LogP contribution >= 0.6 is 0 Å². The average Bonchev–Trinajstić information content (AvgIpc) is 2.39. The zero-order valence-corrected chi connectivity index (χ0v) is 16.6. The van der Waals surface area contributed by atoms with E-state index in [0.717, 1.165) is 43.1 Å². The third kappa shape index (κ3) is 8.37. The molecule has 0 saturated carbocycles. The first kappa shape index (κ1) is 20.1. The molecule has 0 amide bonds. The number of unbranched alkanes of at least 4 members (excludes halogenated alkanes) is 1. The molecule has 0 aromatic rings. The van der Waals surface area contributed by atoms with Gasteiger partial charge in [-0.3, -0.25) is 4.90 Å². The van der Waals surface area contributed by atoms with Crippen LogP contribution in [0.5, 0.6) is 0 Å². The summed E-state index contributed by atoms with van der Waals surface area (Å²) >= 11 is 0. The monoisotopic (exact) mass is 305 g/mol. The summed E-state index contributed by atoms with van der Waals surface area (Å²) in [4.78, 5) is 2.29. The first-order chi connectivity index (χ1) is 9.37. The number of nitrogens with zero attached hydrogens (tertiary/aromatic N) is 1. The van der Waals surface area contributed by atoms with Crippen molar-refractivity contribution in [2.75, 3.05) is 19.8 Å². The Hall–Kier alpha value is 0.0569. The van der Waals surface area contributed by atoms with Gasteiger partial charge in [0.15, 0.2) is 0 Å². The number of ether oxygens (including phenoxy) is 2. The molecule has 2 unspecified atom stereocenters. The molecule has 0 aliphatic rings. The van der Waals surface area contributed by atoms with Crippen LogP contribution in [0.1, 0.15) is 60.8 Å². The fourth-order valence-corrected chi connectivity index (χ4v) is 2.48. The van der Waals surface area contributed by atoms with Gasteiger partial charge in [0.2, 0.25) is 0 Å². The van der Waals surface area contributed by atoms with Gasteiger partial charge in [-0.25, -0.2) is 0 Å². The second-order valence-electron chi connectivity index (χ2n) is 5.77. The summed E-state index contributed by atoms with van der Waals surface area (Å²) in [5.41, 5.74) is 0.0358. The number of hydrogen-bond acceptors (Lipinski definition) is 4. The van der Waals surface area contributed by atoms with Crippen LogP contribution in [0.3, 0.4) is 0 Å². The molecule has 0 saturated heterocycles. The predicted molar refractivity (Wildman–Crippen MR) is 87.8 cm³/mol. The van der Waals surface area contributed by atoms with Crippen molar-refractivity contribution in [3.8, 4) is 0 Å². The highest BCUT2D eigenvalue weighted by Gasteiger charge is 2.21. The summed E-state index contributed by atoms with van der Waals surface area (Å²) in [6, 6.07) is 0. The Kier molecular flexibility index (Phi) is 10.8. The SMILES string of the molecule is CCOC(C)N(CCCCC(C)(C)O[SiH3])C(C)OCC. The molecular formula is C15H35NO3Si. The molecule has 2 atom stereocenters. The third-order valence-corrected chi connectivity index (χ3v) is 4.85. The van der Waals surface area contributed by atoms with Crippen molar-refractivity contribution in [1.29, 1.82) is 0 Å². The van der Waals surface area contributed by atoms with Gasteiger partial charge in [0.25, 0.3) is 0 Å². The van der Waals surface area contributed by atoms with Gasteiger partial charge in [-0.05, 0) is 60.8 Å².